The molecule has 0 fully saturated rings. The minimum atomic E-state index is 0.900. The smallest absolute Gasteiger partial charge is 0.145 e. The van der Waals surface area contributed by atoms with Crippen LogP contribution in [0.2, 0.25) is 0 Å². The van der Waals surface area contributed by atoms with Gasteiger partial charge < -0.3 is 27.1 Å². The number of para-hydroxylation sites is 4. The summed E-state index contributed by atoms with van der Waals surface area (Å²) in [5.41, 5.74) is 31.8. The number of furan rings is 2. The summed E-state index contributed by atoms with van der Waals surface area (Å²) in [5.74, 6) is 0. The molecular weight excluding hydrogens is 1390 g/mol. The van der Waals surface area contributed by atoms with E-state index in [4.69, 9.17) is 8.83 Å². The molecule has 0 aliphatic carbocycles. The average molecular weight is 1450 g/mol. The van der Waals surface area contributed by atoms with Gasteiger partial charge in [0.2, 0.25) is 0 Å². The topological polar surface area (TPSA) is 46.0 Å². The van der Waals surface area contributed by atoms with Gasteiger partial charge in [0.15, 0.2) is 0 Å². The monoisotopic (exact) mass is 1450 g/mol. The molecule has 6 nitrogen and oxygen atoms in total. The van der Waals surface area contributed by atoms with E-state index in [0.29, 0.717) is 0 Å². The van der Waals surface area contributed by atoms with Crippen LogP contribution in [0.3, 0.4) is 0 Å². The van der Waals surface area contributed by atoms with Gasteiger partial charge in [-0.25, -0.2) is 0 Å². The molecule has 0 saturated carbocycles. The zero-order valence-corrected chi connectivity index (χ0v) is 61.9. The third kappa shape index (κ3) is 10.5. The maximum atomic E-state index is 6.73. The largest absolute Gasteiger partial charge is 0.456 e. The first-order chi connectivity index (χ1) is 56.5. The lowest BCUT2D eigenvalue weighted by atomic mass is 9.99. The van der Waals surface area contributed by atoms with E-state index in [1.807, 2.05) is 12.1 Å². The standard InChI is InChI=1S/2C54H34N2O/c1-3-13-35(14-4-1)37-17-11-19-41(31-37)55-48-23-9-7-21-43(48)46-33-39(25-28-49(46)55)40-26-29-50-47(34-40)53-51(30-27-45-44-22-8-10-24-52(44)57-54(45)53)56(50)42-20-12-18-38(32-42)36-15-5-2-6-16-36;1-3-13-35(14-4-1)37-17-11-19-41(31-37)55-47-23-9-7-21-43(47)45-33-39(25-27-48(45)55)40-26-28-49-46(34-40)53-50(29-30-52-54(53)44-22-8-10-24-51(44)57-52)56(49)42-20-12-18-38(32-42)36-15-5-2-6-16-36/h2*1-34H. The molecule has 6 heteroatoms. The fourth-order valence-electron chi connectivity index (χ4n) is 18.2. The first-order valence-corrected chi connectivity index (χ1v) is 39.0. The van der Waals surface area contributed by atoms with E-state index < -0.39 is 0 Å². The second-order valence-corrected chi connectivity index (χ2v) is 29.8. The molecule has 24 aromatic rings. The van der Waals surface area contributed by atoms with Crippen molar-refractivity contribution in [2.75, 3.05) is 0 Å². The summed E-state index contributed by atoms with van der Waals surface area (Å²) in [5, 5.41) is 14.2. The van der Waals surface area contributed by atoms with E-state index >= 15 is 0 Å². The molecule has 6 heterocycles. The number of rotatable bonds is 10. The van der Waals surface area contributed by atoms with Crippen LogP contribution in [0.1, 0.15) is 0 Å². The second kappa shape index (κ2) is 26.2. The summed E-state index contributed by atoms with van der Waals surface area (Å²) in [6.45, 7) is 0. The molecule has 114 heavy (non-hydrogen) atoms. The molecule has 0 bridgehead atoms. The minimum absolute atomic E-state index is 0.900. The molecule has 24 rings (SSSR count). The Labute approximate surface area is 656 Å². The lowest BCUT2D eigenvalue weighted by Gasteiger charge is -2.11. The first-order valence-electron chi connectivity index (χ1n) is 39.0. The van der Waals surface area contributed by atoms with E-state index in [0.717, 1.165) is 105 Å². The molecule has 0 saturated heterocycles. The molecule has 532 valence electrons. The van der Waals surface area contributed by atoms with Gasteiger partial charge in [0.1, 0.15) is 22.3 Å². The Hall–Kier alpha value is -15.2. The molecule has 0 N–H and O–H groups in total. The normalized spacial score (nSPS) is 11.9. The maximum absolute atomic E-state index is 6.73. The van der Waals surface area contributed by atoms with Crippen LogP contribution in [0.4, 0.5) is 0 Å². The molecule has 0 aliphatic rings. The van der Waals surface area contributed by atoms with Crippen molar-refractivity contribution >= 4 is 131 Å². The highest BCUT2D eigenvalue weighted by Crippen LogP contribution is 2.47. The van der Waals surface area contributed by atoms with Crippen molar-refractivity contribution in [1.82, 2.24) is 18.3 Å². The van der Waals surface area contributed by atoms with E-state index in [2.05, 4.69) is 419 Å². The van der Waals surface area contributed by atoms with E-state index in [1.54, 1.807) is 0 Å². The highest BCUT2D eigenvalue weighted by Gasteiger charge is 2.24. The third-order valence-corrected chi connectivity index (χ3v) is 23.4. The van der Waals surface area contributed by atoms with Gasteiger partial charge in [0, 0.05) is 82.0 Å². The van der Waals surface area contributed by atoms with Crippen molar-refractivity contribution in [3.8, 4) is 89.5 Å². The van der Waals surface area contributed by atoms with E-state index in [-0.39, 0.29) is 0 Å². The van der Waals surface area contributed by atoms with Crippen LogP contribution < -0.4 is 0 Å². The van der Waals surface area contributed by atoms with Crippen molar-refractivity contribution in [2.24, 2.45) is 0 Å². The van der Waals surface area contributed by atoms with Crippen LogP contribution >= 0.6 is 0 Å². The Balaban J connectivity index is 0.000000135. The molecule has 0 aliphatic heterocycles. The highest BCUT2D eigenvalue weighted by molar-refractivity contribution is 6.28. The lowest BCUT2D eigenvalue weighted by molar-refractivity contribution is 0.669. The van der Waals surface area contributed by atoms with Crippen molar-refractivity contribution in [1.29, 1.82) is 0 Å². The van der Waals surface area contributed by atoms with Crippen LogP contribution in [0.5, 0.6) is 0 Å². The summed E-state index contributed by atoms with van der Waals surface area (Å²) in [7, 11) is 0. The second-order valence-electron chi connectivity index (χ2n) is 29.8. The number of hydrogen-bond acceptors (Lipinski definition) is 2. The van der Waals surface area contributed by atoms with Crippen LogP contribution in [0, 0.1) is 0 Å². The maximum Gasteiger partial charge on any atom is 0.145 e. The number of aromatic nitrogens is 4. The predicted octanol–water partition coefficient (Wildman–Crippen LogP) is 29.6. The SMILES string of the molecule is c1ccc(-c2cccc(-n3c4ccccc4c4cc(-c5ccc6c(c5)c5c7c(ccc5n6-c5cccc(-c6ccccc6)c5)oc5ccccc57)ccc43)c2)cc1.c1ccc(-c2cccc(-n3c4ccccc4c4cc(-c5ccc6c(c5)c5c7oc8ccccc8c7ccc5n6-c5cccc(-c6ccccc6)c5)ccc43)c2)cc1. The summed E-state index contributed by atoms with van der Waals surface area (Å²) in [6, 6.07) is 149. The van der Waals surface area contributed by atoms with Gasteiger partial charge >= 0.3 is 0 Å². The molecule has 18 aromatic carbocycles. The van der Waals surface area contributed by atoms with Crippen LogP contribution in [0.25, 0.3) is 221 Å². The van der Waals surface area contributed by atoms with Crippen LogP contribution in [-0.4, -0.2) is 18.3 Å². The Kier molecular flexibility index (Phi) is 14.9. The Bertz CT molecular complexity index is 7960. The van der Waals surface area contributed by atoms with Crippen LogP contribution in [-0.2, 0) is 0 Å². The Morgan fingerprint density at radius 3 is 0.877 bits per heavy atom. The molecule has 0 spiro atoms. The predicted molar refractivity (Wildman–Crippen MR) is 477 cm³/mol. The molecular formula is C108H68N4O2. The van der Waals surface area contributed by atoms with Crippen molar-refractivity contribution in [3.05, 3.63) is 413 Å². The molecule has 0 unspecified atom stereocenters. The van der Waals surface area contributed by atoms with Gasteiger partial charge in [-0.2, -0.15) is 0 Å². The molecule has 6 aromatic heterocycles. The van der Waals surface area contributed by atoms with E-state index in [1.165, 1.54) is 116 Å². The third-order valence-electron chi connectivity index (χ3n) is 23.4. The lowest BCUT2D eigenvalue weighted by Crippen LogP contribution is -1.94. The summed E-state index contributed by atoms with van der Waals surface area (Å²) in [4.78, 5) is 0. The van der Waals surface area contributed by atoms with Crippen molar-refractivity contribution < 1.29 is 8.83 Å². The molecule has 0 atom stereocenters. The number of benzene rings is 18. The molecule has 0 amide bonds. The quantitative estimate of drug-likeness (QED) is 0.137. The van der Waals surface area contributed by atoms with E-state index in [9.17, 15) is 0 Å². The average Bonchev–Trinajstić information content (AvgIpc) is 1.61. The van der Waals surface area contributed by atoms with Gasteiger partial charge in [-0.1, -0.05) is 267 Å². The minimum Gasteiger partial charge on any atom is -0.456 e. The molecule has 0 radical (unpaired) electrons. The summed E-state index contributed by atoms with van der Waals surface area (Å²) < 4.78 is 22.8. The number of nitrogens with zero attached hydrogens (tertiary/aromatic N) is 4. The van der Waals surface area contributed by atoms with Gasteiger partial charge in [-0.3, -0.25) is 0 Å². The Morgan fingerprint density at radius 2 is 0.439 bits per heavy atom. The van der Waals surface area contributed by atoms with Crippen LogP contribution in [0.15, 0.2) is 421 Å². The van der Waals surface area contributed by atoms with Gasteiger partial charge in [-0.05, 0) is 212 Å². The fourth-order valence-corrected chi connectivity index (χ4v) is 18.2. The highest BCUT2D eigenvalue weighted by atomic mass is 16.3. The van der Waals surface area contributed by atoms with Gasteiger partial charge in [0.05, 0.1) is 49.5 Å². The van der Waals surface area contributed by atoms with Crippen molar-refractivity contribution in [3.63, 3.8) is 0 Å². The first kappa shape index (κ1) is 64.7. The fraction of sp³-hybridized carbons (Fsp3) is 0. The van der Waals surface area contributed by atoms with Gasteiger partial charge in [0.25, 0.3) is 0 Å². The van der Waals surface area contributed by atoms with Crippen molar-refractivity contribution in [2.45, 2.75) is 0 Å². The Morgan fingerprint density at radius 1 is 0.140 bits per heavy atom. The number of fused-ring (bicyclic) bond motifs is 20. The summed E-state index contributed by atoms with van der Waals surface area (Å²) in [6.07, 6.45) is 0. The number of hydrogen-bond donors (Lipinski definition) is 0. The van der Waals surface area contributed by atoms with Gasteiger partial charge in [-0.15, -0.1) is 0 Å². The zero-order chi connectivity index (χ0) is 74.9. The zero-order valence-electron chi connectivity index (χ0n) is 61.9. The summed E-state index contributed by atoms with van der Waals surface area (Å²) >= 11 is 0.